The largest absolute Gasteiger partial charge is 0.508 e. The van der Waals surface area contributed by atoms with Gasteiger partial charge in [0.05, 0.1) is 0 Å². The standard InChI is InChI=1S/C16H26N2O/c1-12(2)11-18-8-6-14(7-9-18)17-15-5-4-13(3)16(19)10-15/h4-5,10,12,14,17,19H,6-9,11H2,1-3H3. The number of piperidine rings is 1. The zero-order valence-corrected chi connectivity index (χ0v) is 12.3. The molecule has 0 amide bonds. The van der Waals surface area contributed by atoms with Crippen LogP contribution in [0.4, 0.5) is 5.69 Å². The highest BCUT2D eigenvalue weighted by Gasteiger charge is 2.19. The van der Waals surface area contributed by atoms with Crippen molar-refractivity contribution in [1.82, 2.24) is 4.90 Å². The number of hydrogen-bond donors (Lipinski definition) is 2. The van der Waals surface area contributed by atoms with Gasteiger partial charge in [0, 0.05) is 37.4 Å². The summed E-state index contributed by atoms with van der Waals surface area (Å²) in [5.41, 5.74) is 1.96. The van der Waals surface area contributed by atoms with E-state index in [4.69, 9.17) is 0 Å². The molecular formula is C16H26N2O. The summed E-state index contributed by atoms with van der Waals surface area (Å²) in [5.74, 6) is 1.13. The summed E-state index contributed by atoms with van der Waals surface area (Å²) in [5, 5.41) is 13.3. The van der Waals surface area contributed by atoms with Crippen molar-refractivity contribution in [2.24, 2.45) is 5.92 Å². The second-order valence-corrected chi connectivity index (χ2v) is 6.11. The Balaban J connectivity index is 1.83. The van der Waals surface area contributed by atoms with Gasteiger partial charge in [-0.05, 0) is 37.3 Å². The molecule has 2 rings (SSSR count). The van der Waals surface area contributed by atoms with E-state index in [1.165, 1.54) is 32.5 Å². The minimum Gasteiger partial charge on any atom is -0.508 e. The summed E-state index contributed by atoms with van der Waals surface area (Å²) >= 11 is 0. The molecule has 0 spiro atoms. The number of phenolic OH excluding ortho intramolecular Hbond substituents is 1. The highest BCUT2D eigenvalue weighted by molar-refractivity contribution is 5.51. The Morgan fingerprint density at radius 2 is 2.00 bits per heavy atom. The maximum atomic E-state index is 9.72. The third-order valence-electron chi connectivity index (χ3n) is 3.79. The molecule has 2 N–H and O–H groups in total. The van der Waals surface area contributed by atoms with Crippen LogP contribution >= 0.6 is 0 Å². The van der Waals surface area contributed by atoms with Crippen molar-refractivity contribution in [2.45, 2.75) is 39.7 Å². The van der Waals surface area contributed by atoms with Gasteiger partial charge in [-0.1, -0.05) is 19.9 Å². The smallest absolute Gasteiger partial charge is 0.120 e. The third-order valence-corrected chi connectivity index (χ3v) is 3.79. The second kappa shape index (κ2) is 6.29. The Morgan fingerprint density at radius 3 is 2.58 bits per heavy atom. The number of hydrogen-bond acceptors (Lipinski definition) is 3. The summed E-state index contributed by atoms with van der Waals surface area (Å²) < 4.78 is 0. The SMILES string of the molecule is Cc1ccc(NC2CCN(CC(C)C)CC2)cc1O. The number of anilines is 1. The van der Waals surface area contributed by atoms with Crippen LogP contribution in [0.3, 0.4) is 0 Å². The van der Waals surface area contributed by atoms with Crippen LogP contribution in [0.2, 0.25) is 0 Å². The Morgan fingerprint density at radius 1 is 1.32 bits per heavy atom. The van der Waals surface area contributed by atoms with Crippen LogP contribution in [-0.2, 0) is 0 Å². The highest BCUT2D eigenvalue weighted by atomic mass is 16.3. The number of benzene rings is 1. The average Bonchev–Trinajstić information content (AvgIpc) is 2.36. The van der Waals surface area contributed by atoms with Crippen molar-refractivity contribution in [2.75, 3.05) is 25.0 Å². The topological polar surface area (TPSA) is 35.5 Å². The third kappa shape index (κ3) is 4.13. The van der Waals surface area contributed by atoms with Gasteiger partial charge in [-0.15, -0.1) is 0 Å². The molecule has 1 aromatic rings. The zero-order valence-electron chi connectivity index (χ0n) is 12.3. The summed E-state index contributed by atoms with van der Waals surface area (Å²) in [6.07, 6.45) is 2.36. The van der Waals surface area contributed by atoms with Gasteiger partial charge >= 0.3 is 0 Å². The molecule has 0 aromatic heterocycles. The fourth-order valence-corrected chi connectivity index (χ4v) is 2.71. The van der Waals surface area contributed by atoms with Crippen LogP contribution < -0.4 is 5.32 Å². The number of nitrogens with zero attached hydrogens (tertiary/aromatic N) is 1. The number of rotatable bonds is 4. The number of aryl methyl sites for hydroxylation is 1. The molecule has 1 heterocycles. The molecule has 3 nitrogen and oxygen atoms in total. The van der Waals surface area contributed by atoms with Gasteiger partial charge in [0.15, 0.2) is 0 Å². The van der Waals surface area contributed by atoms with Gasteiger partial charge in [-0.3, -0.25) is 0 Å². The van der Waals surface area contributed by atoms with Crippen LogP contribution in [0.15, 0.2) is 18.2 Å². The molecule has 0 atom stereocenters. The van der Waals surface area contributed by atoms with Crippen LogP contribution in [0.25, 0.3) is 0 Å². The van der Waals surface area contributed by atoms with Gasteiger partial charge in [0.2, 0.25) is 0 Å². The van der Waals surface area contributed by atoms with Crippen LogP contribution in [0.5, 0.6) is 5.75 Å². The molecule has 0 radical (unpaired) electrons. The lowest BCUT2D eigenvalue weighted by Crippen LogP contribution is -2.40. The molecule has 1 aliphatic heterocycles. The molecule has 1 aliphatic rings. The van der Waals surface area contributed by atoms with E-state index in [-0.39, 0.29) is 0 Å². The minimum absolute atomic E-state index is 0.377. The maximum Gasteiger partial charge on any atom is 0.120 e. The van der Waals surface area contributed by atoms with Crippen molar-refractivity contribution >= 4 is 5.69 Å². The number of nitrogens with one attached hydrogen (secondary N) is 1. The number of aromatic hydroxyl groups is 1. The first kappa shape index (κ1) is 14.2. The predicted molar refractivity (Wildman–Crippen MR) is 80.8 cm³/mol. The fourth-order valence-electron chi connectivity index (χ4n) is 2.71. The summed E-state index contributed by atoms with van der Waals surface area (Å²) in [4.78, 5) is 2.55. The van der Waals surface area contributed by atoms with Gasteiger partial charge in [0.25, 0.3) is 0 Å². The van der Waals surface area contributed by atoms with Crippen LogP contribution in [0, 0.1) is 12.8 Å². The molecule has 19 heavy (non-hydrogen) atoms. The van der Waals surface area contributed by atoms with E-state index in [9.17, 15) is 5.11 Å². The summed E-state index contributed by atoms with van der Waals surface area (Å²) in [6.45, 7) is 10.0. The molecule has 1 aromatic carbocycles. The zero-order chi connectivity index (χ0) is 13.8. The van der Waals surface area contributed by atoms with E-state index < -0.39 is 0 Å². The lowest BCUT2D eigenvalue weighted by molar-refractivity contribution is 0.198. The Labute approximate surface area is 116 Å². The molecule has 106 valence electrons. The van der Waals surface area contributed by atoms with Crippen LogP contribution in [-0.4, -0.2) is 35.7 Å². The monoisotopic (exact) mass is 262 g/mol. The van der Waals surface area contributed by atoms with E-state index >= 15 is 0 Å². The maximum absolute atomic E-state index is 9.72. The molecule has 1 saturated heterocycles. The van der Waals surface area contributed by atoms with Gasteiger partial charge in [-0.25, -0.2) is 0 Å². The molecular weight excluding hydrogens is 236 g/mol. The van der Waals surface area contributed by atoms with Crippen molar-refractivity contribution < 1.29 is 5.11 Å². The minimum atomic E-state index is 0.377. The molecule has 0 aliphatic carbocycles. The van der Waals surface area contributed by atoms with Gasteiger partial charge < -0.3 is 15.3 Å². The Kier molecular flexibility index (Phi) is 4.70. The fraction of sp³-hybridized carbons (Fsp3) is 0.625. The number of likely N-dealkylation sites (tertiary alicyclic amines) is 1. The van der Waals surface area contributed by atoms with Crippen molar-refractivity contribution in [1.29, 1.82) is 0 Å². The van der Waals surface area contributed by atoms with Crippen LogP contribution in [0.1, 0.15) is 32.3 Å². The lowest BCUT2D eigenvalue weighted by Gasteiger charge is -2.33. The molecule has 0 bridgehead atoms. The second-order valence-electron chi connectivity index (χ2n) is 6.11. The summed E-state index contributed by atoms with van der Waals surface area (Å²) in [6, 6.07) is 6.38. The van der Waals surface area contributed by atoms with E-state index in [2.05, 4.69) is 30.1 Å². The van der Waals surface area contributed by atoms with Crippen molar-refractivity contribution in [3.8, 4) is 5.75 Å². The van der Waals surface area contributed by atoms with E-state index in [1.807, 2.05) is 19.1 Å². The molecule has 3 heteroatoms. The quantitative estimate of drug-likeness (QED) is 0.874. The van der Waals surface area contributed by atoms with Crippen molar-refractivity contribution in [3.05, 3.63) is 23.8 Å². The Hall–Kier alpha value is -1.22. The molecule has 0 unspecified atom stereocenters. The van der Waals surface area contributed by atoms with E-state index in [1.54, 1.807) is 0 Å². The van der Waals surface area contributed by atoms with Gasteiger partial charge in [0.1, 0.15) is 5.75 Å². The number of phenols is 1. The van der Waals surface area contributed by atoms with Gasteiger partial charge in [-0.2, -0.15) is 0 Å². The normalized spacial score (nSPS) is 17.9. The summed E-state index contributed by atoms with van der Waals surface area (Å²) in [7, 11) is 0. The lowest BCUT2D eigenvalue weighted by atomic mass is 10.0. The van der Waals surface area contributed by atoms with Crippen molar-refractivity contribution in [3.63, 3.8) is 0 Å². The highest BCUT2D eigenvalue weighted by Crippen LogP contribution is 2.23. The average molecular weight is 262 g/mol. The molecule has 1 fully saturated rings. The first-order valence-electron chi connectivity index (χ1n) is 7.33. The Bertz CT molecular complexity index is 409. The van der Waals surface area contributed by atoms with E-state index in [0.717, 1.165) is 17.2 Å². The first-order valence-corrected chi connectivity index (χ1v) is 7.33. The van der Waals surface area contributed by atoms with E-state index in [0.29, 0.717) is 11.8 Å². The predicted octanol–water partition coefficient (Wildman–Crippen LogP) is 3.23. The molecule has 0 saturated carbocycles. The first-order chi connectivity index (χ1) is 9.04.